The summed E-state index contributed by atoms with van der Waals surface area (Å²) in [4.78, 5) is 19.1. The first-order chi connectivity index (χ1) is 15.1. The lowest BCUT2D eigenvalue weighted by Gasteiger charge is -2.25. The predicted molar refractivity (Wildman–Crippen MR) is 122 cm³/mol. The number of anilines is 1. The number of thiocarbonyl (C=S) groups is 1. The molecule has 0 spiro atoms. The number of pyridine rings is 1. The maximum atomic E-state index is 12.7. The number of para-hydroxylation sites is 2. The third-order valence-electron chi connectivity index (χ3n) is 5.21. The zero-order valence-corrected chi connectivity index (χ0v) is 18.2. The summed E-state index contributed by atoms with van der Waals surface area (Å²) in [5.74, 6) is 2.10. The monoisotopic (exact) mass is 436 g/mol. The van der Waals surface area contributed by atoms with Crippen molar-refractivity contribution in [3.05, 3.63) is 78.0 Å². The number of nitrogens with zero attached hydrogens (tertiary/aromatic N) is 2. The van der Waals surface area contributed by atoms with Crippen molar-refractivity contribution in [1.82, 2.24) is 15.2 Å². The van der Waals surface area contributed by atoms with E-state index in [0.717, 1.165) is 17.2 Å². The van der Waals surface area contributed by atoms with Gasteiger partial charge in [-0.3, -0.25) is 9.78 Å². The van der Waals surface area contributed by atoms with E-state index in [2.05, 4.69) is 15.6 Å². The molecule has 0 saturated carbocycles. The van der Waals surface area contributed by atoms with E-state index in [4.69, 9.17) is 21.4 Å². The number of aryl methyl sites for hydroxylation is 1. The maximum Gasteiger partial charge on any atom is 0.226 e. The molecule has 8 heteroatoms. The molecule has 1 aliphatic heterocycles. The summed E-state index contributed by atoms with van der Waals surface area (Å²) in [7, 11) is 1.58. The highest BCUT2D eigenvalue weighted by atomic mass is 32.1. The molecule has 0 aliphatic carbocycles. The Balaban J connectivity index is 1.52. The Morgan fingerprint density at radius 3 is 2.74 bits per heavy atom. The van der Waals surface area contributed by atoms with E-state index >= 15 is 0 Å². The molecule has 2 N–H and O–H groups in total. The second-order valence-electron chi connectivity index (χ2n) is 7.27. The van der Waals surface area contributed by atoms with Crippen molar-refractivity contribution < 1.29 is 13.9 Å². The summed E-state index contributed by atoms with van der Waals surface area (Å²) in [6, 6.07) is 16.6. The van der Waals surface area contributed by atoms with Crippen molar-refractivity contribution in [2.75, 3.05) is 19.0 Å². The molecule has 3 aromatic rings. The first kappa shape index (κ1) is 20.9. The second-order valence-corrected chi connectivity index (χ2v) is 7.65. The van der Waals surface area contributed by atoms with Crippen molar-refractivity contribution in [2.45, 2.75) is 25.4 Å². The highest BCUT2D eigenvalue weighted by molar-refractivity contribution is 7.80. The van der Waals surface area contributed by atoms with Crippen LogP contribution >= 0.6 is 12.2 Å². The third-order valence-corrected chi connectivity index (χ3v) is 5.56. The van der Waals surface area contributed by atoms with Crippen LogP contribution in [0.5, 0.6) is 5.75 Å². The molecule has 2 atom stereocenters. The number of benzene rings is 1. The Labute approximate surface area is 186 Å². The molecule has 160 valence electrons. The normalized spacial score (nSPS) is 18.0. The fourth-order valence-corrected chi connectivity index (χ4v) is 4.08. The van der Waals surface area contributed by atoms with Gasteiger partial charge >= 0.3 is 0 Å². The van der Waals surface area contributed by atoms with Gasteiger partial charge in [-0.15, -0.1) is 0 Å². The molecule has 7 nitrogen and oxygen atoms in total. The van der Waals surface area contributed by atoms with Gasteiger partial charge in [0.05, 0.1) is 24.5 Å². The smallest absolute Gasteiger partial charge is 0.226 e. The molecule has 3 heterocycles. The SMILES string of the molecule is COc1ccccc1NC(=O)CCN1C(=S)N[C@H](c2ccccn2)[C@H]1c1ccc(C)o1. The Bertz CT molecular complexity index is 1070. The summed E-state index contributed by atoms with van der Waals surface area (Å²) in [6.07, 6.45) is 2.01. The van der Waals surface area contributed by atoms with E-state index in [9.17, 15) is 4.79 Å². The van der Waals surface area contributed by atoms with Gasteiger partial charge in [0.15, 0.2) is 5.11 Å². The van der Waals surface area contributed by atoms with Gasteiger partial charge in [0.1, 0.15) is 23.3 Å². The van der Waals surface area contributed by atoms with E-state index in [1.807, 2.05) is 66.4 Å². The first-order valence-electron chi connectivity index (χ1n) is 10.0. The fourth-order valence-electron chi connectivity index (χ4n) is 3.75. The molecule has 0 unspecified atom stereocenters. The van der Waals surface area contributed by atoms with Crippen molar-refractivity contribution in [1.29, 1.82) is 0 Å². The Morgan fingerprint density at radius 1 is 1.23 bits per heavy atom. The number of methoxy groups -OCH3 is 1. The topological polar surface area (TPSA) is 79.6 Å². The molecular formula is C23H24N4O3S. The largest absolute Gasteiger partial charge is 0.495 e. The predicted octanol–water partition coefficient (Wildman–Crippen LogP) is 3.99. The summed E-state index contributed by atoms with van der Waals surface area (Å²) in [5.41, 5.74) is 1.51. The van der Waals surface area contributed by atoms with Crippen LogP contribution in [0.1, 0.15) is 35.7 Å². The lowest BCUT2D eigenvalue weighted by Crippen LogP contribution is -2.32. The summed E-state index contributed by atoms with van der Waals surface area (Å²) in [5, 5.41) is 6.83. The van der Waals surface area contributed by atoms with Crippen LogP contribution in [0.15, 0.2) is 65.2 Å². The first-order valence-corrected chi connectivity index (χ1v) is 10.4. The van der Waals surface area contributed by atoms with Crippen molar-refractivity contribution >= 4 is 28.9 Å². The molecular weight excluding hydrogens is 412 g/mol. The van der Waals surface area contributed by atoms with Crippen LogP contribution in [-0.2, 0) is 4.79 Å². The minimum Gasteiger partial charge on any atom is -0.495 e. The van der Waals surface area contributed by atoms with Crippen LogP contribution in [0.2, 0.25) is 0 Å². The van der Waals surface area contributed by atoms with E-state index in [-0.39, 0.29) is 24.4 Å². The zero-order chi connectivity index (χ0) is 21.8. The number of ether oxygens (including phenoxy) is 1. The molecule has 1 amide bonds. The number of carbonyl (C=O) groups is 1. The molecule has 2 aromatic heterocycles. The van der Waals surface area contributed by atoms with Gasteiger partial charge < -0.3 is 24.7 Å². The number of amides is 1. The van der Waals surface area contributed by atoms with E-state index in [1.165, 1.54) is 0 Å². The number of aromatic nitrogens is 1. The molecule has 0 bridgehead atoms. The number of hydrogen-bond donors (Lipinski definition) is 2. The molecule has 4 rings (SSSR count). The van der Waals surface area contributed by atoms with E-state index in [1.54, 1.807) is 13.3 Å². The number of carbonyl (C=O) groups excluding carboxylic acids is 1. The Hall–Kier alpha value is -3.39. The summed E-state index contributed by atoms with van der Waals surface area (Å²) >= 11 is 5.62. The number of nitrogens with one attached hydrogen (secondary N) is 2. The standard InChI is InChI=1S/C23H24N4O3S/c1-15-10-11-19(30-15)22-21(17-8-5-6-13-24-17)26-23(31)27(22)14-12-20(28)25-16-7-3-4-9-18(16)29-2/h3-11,13,21-22H,12,14H2,1-2H3,(H,25,28)(H,26,31)/t21-,22-/m1/s1. The molecule has 0 radical (unpaired) electrons. The van der Waals surface area contributed by atoms with Crippen LogP contribution in [0.3, 0.4) is 0 Å². The molecule has 1 aromatic carbocycles. The van der Waals surface area contributed by atoms with Gasteiger partial charge in [-0.1, -0.05) is 18.2 Å². The van der Waals surface area contributed by atoms with Gasteiger partial charge in [0, 0.05) is 19.2 Å². The highest BCUT2D eigenvalue weighted by Crippen LogP contribution is 2.39. The molecule has 1 fully saturated rings. The third kappa shape index (κ3) is 4.54. The summed E-state index contributed by atoms with van der Waals surface area (Å²) in [6.45, 7) is 2.34. The maximum absolute atomic E-state index is 12.7. The average Bonchev–Trinajstić information content (AvgIpc) is 3.35. The summed E-state index contributed by atoms with van der Waals surface area (Å²) < 4.78 is 11.3. The van der Waals surface area contributed by atoms with E-state index in [0.29, 0.717) is 23.1 Å². The van der Waals surface area contributed by atoms with Crippen LogP contribution in [-0.4, -0.2) is 34.6 Å². The zero-order valence-electron chi connectivity index (χ0n) is 17.4. The van der Waals surface area contributed by atoms with Crippen LogP contribution in [0, 0.1) is 6.92 Å². The van der Waals surface area contributed by atoms with Crippen molar-refractivity contribution in [3.8, 4) is 5.75 Å². The quantitative estimate of drug-likeness (QED) is 0.542. The van der Waals surface area contributed by atoms with E-state index < -0.39 is 0 Å². The lowest BCUT2D eigenvalue weighted by atomic mass is 10.0. The van der Waals surface area contributed by atoms with Gasteiger partial charge in [-0.05, 0) is 55.5 Å². The molecule has 31 heavy (non-hydrogen) atoms. The number of furan rings is 1. The average molecular weight is 437 g/mol. The van der Waals surface area contributed by atoms with Gasteiger partial charge in [0.2, 0.25) is 5.91 Å². The van der Waals surface area contributed by atoms with Crippen LogP contribution in [0.4, 0.5) is 5.69 Å². The van der Waals surface area contributed by atoms with Crippen molar-refractivity contribution in [3.63, 3.8) is 0 Å². The molecule has 1 saturated heterocycles. The minimum absolute atomic E-state index is 0.122. The molecule has 1 aliphatic rings. The number of hydrogen-bond acceptors (Lipinski definition) is 5. The van der Waals surface area contributed by atoms with Gasteiger partial charge in [0.25, 0.3) is 0 Å². The Morgan fingerprint density at radius 2 is 2.03 bits per heavy atom. The van der Waals surface area contributed by atoms with Gasteiger partial charge in [-0.2, -0.15) is 0 Å². The lowest BCUT2D eigenvalue weighted by molar-refractivity contribution is -0.116. The Kier molecular flexibility index (Phi) is 6.18. The highest BCUT2D eigenvalue weighted by Gasteiger charge is 2.41. The van der Waals surface area contributed by atoms with Crippen LogP contribution < -0.4 is 15.4 Å². The van der Waals surface area contributed by atoms with Crippen LogP contribution in [0.25, 0.3) is 0 Å². The van der Waals surface area contributed by atoms with Crippen molar-refractivity contribution in [2.24, 2.45) is 0 Å². The fraction of sp³-hybridized carbons (Fsp3) is 0.261. The second kappa shape index (κ2) is 9.18. The number of rotatable bonds is 7. The van der Waals surface area contributed by atoms with Gasteiger partial charge in [-0.25, -0.2) is 0 Å². The minimum atomic E-state index is -0.199.